The van der Waals surface area contributed by atoms with Gasteiger partial charge in [-0.1, -0.05) is 26.0 Å². The van der Waals surface area contributed by atoms with Crippen molar-refractivity contribution >= 4 is 17.4 Å². The molecule has 0 unspecified atom stereocenters. The molecule has 1 aliphatic heterocycles. The van der Waals surface area contributed by atoms with Gasteiger partial charge in [-0.05, 0) is 49.7 Å². The predicted octanol–water partition coefficient (Wildman–Crippen LogP) is 5.54. The molecular formula is C29H29F5N4O3. The fourth-order valence-corrected chi connectivity index (χ4v) is 4.80. The van der Waals surface area contributed by atoms with Gasteiger partial charge in [-0.15, -0.1) is 0 Å². The number of nitrogens with zero attached hydrogens (tertiary/aromatic N) is 3. The number of hydrogen-bond acceptors (Lipinski definition) is 4. The Labute approximate surface area is 233 Å². The van der Waals surface area contributed by atoms with Crippen molar-refractivity contribution in [2.24, 2.45) is 0 Å². The number of hydrogen-bond donors (Lipinski definition) is 1. The highest BCUT2D eigenvalue weighted by atomic mass is 19.4. The Kier molecular flexibility index (Phi) is 7.97. The molecule has 2 amide bonds. The molecular weight excluding hydrogens is 547 g/mol. The lowest BCUT2D eigenvalue weighted by molar-refractivity contribution is -0.145. The second-order valence-electron chi connectivity index (χ2n) is 10.7. The number of carbonyl (C=O) groups is 2. The first-order valence-corrected chi connectivity index (χ1v) is 12.7. The number of benzene rings is 2. The van der Waals surface area contributed by atoms with Crippen molar-refractivity contribution in [1.29, 1.82) is 0 Å². The zero-order valence-electron chi connectivity index (χ0n) is 23.1. The van der Waals surface area contributed by atoms with Gasteiger partial charge in [0, 0.05) is 35.3 Å². The smallest absolute Gasteiger partial charge is 0.433 e. The van der Waals surface area contributed by atoms with E-state index in [2.05, 4.69) is 10.4 Å². The van der Waals surface area contributed by atoms with E-state index in [1.807, 2.05) is 0 Å². The van der Waals surface area contributed by atoms with Crippen molar-refractivity contribution < 1.29 is 36.3 Å². The Bertz CT molecular complexity index is 1510. The van der Waals surface area contributed by atoms with Crippen molar-refractivity contribution in [3.8, 4) is 5.75 Å². The van der Waals surface area contributed by atoms with Crippen LogP contribution in [0.1, 0.15) is 60.6 Å². The summed E-state index contributed by atoms with van der Waals surface area (Å²) in [6.45, 7) is 5.79. The van der Waals surface area contributed by atoms with Crippen LogP contribution in [0.15, 0.2) is 48.7 Å². The van der Waals surface area contributed by atoms with Crippen LogP contribution in [0, 0.1) is 11.6 Å². The number of methoxy groups -OCH3 is 1. The number of halogens is 5. The SMILES string of the molecule is COc1ccc(Cn2nc3c(c2C(F)(F)F)C(C)(C)CN(C(=O)c2ccc(F)c(F)c2)C=C3C(=O)NC(C)C)cc1. The predicted molar refractivity (Wildman–Crippen MR) is 141 cm³/mol. The molecule has 3 aromatic rings. The number of aromatic nitrogens is 2. The maximum absolute atomic E-state index is 14.7. The van der Waals surface area contributed by atoms with Crippen LogP contribution in [0.3, 0.4) is 0 Å². The van der Waals surface area contributed by atoms with E-state index in [9.17, 15) is 31.5 Å². The molecule has 0 saturated heterocycles. The van der Waals surface area contributed by atoms with E-state index in [0.717, 1.165) is 27.9 Å². The Hall–Kier alpha value is -4.22. The van der Waals surface area contributed by atoms with Gasteiger partial charge in [-0.25, -0.2) is 8.78 Å². The quantitative estimate of drug-likeness (QED) is 0.392. The van der Waals surface area contributed by atoms with Crippen LogP contribution >= 0.6 is 0 Å². The number of fused-ring (bicyclic) bond motifs is 1. The number of ether oxygens (including phenoxy) is 1. The summed E-state index contributed by atoms with van der Waals surface area (Å²) in [5, 5.41) is 6.96. The highest BCUT2D eigenvalue weighted by molar-refractivity contribution is 6.20. The number of alkyl halides is 3. The number of rotatable bonds is 6. The highest BCUT2D eigenvalue weighted by Gasteiger charge is 2.47. The molecule has 1 aliphatic rings. The molecule has 0 aliphatic carbocycles. The van der Waals surface area contributed by atoms with Crippen molar-refractivity contribution in [3.63, 3.8) is 0 Å². The largest absolute Gasteiger partial charge is 0.497 e. The molecule has 218 valence electrons. The number of carbonyl (C=O) groups excluding carboxylic acids is 2. The molecule has 7 nitrogen and oxygen atoms in total. The first-order valence-electron chi connectivity index (χ1n) is 12.7. The molecule has 12 heteroatoms. The monoisotopic (exact) mass is 576 g/mol. The summed E-state index contributed by atoms with van der Waals surface area (Å²) in [5.74, 6) is -3.46. The molecule has 2 aromatic carbocycles. The number of nitrogens with one attached hydrogen (secondary N) is 1. The lowest BCUT2D eigenvalue weighted by Gasteiger charge is -2.30. The van der Waals surface area contributed by atoms with Crippen molar-refractivity contribution in [2.75, 3.05) is 13.7 Å². The minimum atomic E-state index is -4.87. The Balaban J connectivity index is 1.91. The Morgan fingerprint density at radius 1 is 1.07 bits per heavy atom. The molecule has 0 radical (unpaired) electrons. The van der Waals surface area contributed by atoms with E-state index in [1.54, 1.807) is 38.1 Å². The molecule has 0 saturated carbocycles. The van der Waals surface area contributed by atoms with E-state index in [-0.39, 0.29) is 41.5 Å². The molecule has 2 heterocycles. The van der Waals surface area contributed by atoms with Crippen molar-refractivity contribution in [3.05, 3.63) is 88.4 Å². The molecule has 0 spiro atoms. The van der Waals surface area contributed by atoms with Gasteiger partial charge in [0.15, 0.2) is 11.6 Å². The summed E-state index contributed by atoms with van der Waals surface area (Å²) in [4.78, 5) is 27.8. The van der Waals surface area contributed by atoms with Gasteiger partial charge < -0.3 is 15.0 Å². The zero-order valence-corrected chi connectivity index (χ0v) is 23.1. The summed E-state index contributed by atoms with van der Waals surface area (Å²) in [7, 11) is 1.47. The standard InChI is InChI=1S/C29H29F5N4O3/c1-16(2)35-26(39)20-14-37(27(40)18-8-11-21(30)22(31)12-18)15-28(3,4)23-24(20)36-38(25(23)29(32,33)34)13-17-6-9-19(41-5)10-7-17/h6-12,14,16H,13,15H2,1-5H3,(H,35,39). The lowest BCUT2D eigenvalue weighted by atomic mass is 9.81. The van der Waals surface area contributed by atoms with Crippen LogP contribution in [0.4, 0.5) is 22.0 Å². The third-order valence-corrected chi connectivity index (χ3v) is 6.59. The summed E-state index contributed by atoms with van der Waals surface area (Å²) in [5.41, 5.74) is -2.92. The minimum Gasteiger partial charge on any atom is -0.497 e. The molecule has 4 rings (SSSR count). The van der Waals surface area contributed by atoms with Crippen molar-refractivity contribution in [1.82, 2.24) is 20.0 Å². The zero-order chi connectivity index (χ0) is 30.3. The molecule has 0 fully saturated rings. The van der Waals surface area contributed by atoms with Crippen LogP contribution in [0.2, 0.25) is 0 Å². The van der Waals surface area contributed by atoms with E-state index < -0.39 is 40.7 Å². The Morgan fingerprint density at radius 3 is 2.29 bits per heavy atom. The second-order valence-corrected chi connectivity index (χ2v) is 10.7. The fourth-order valence-electron chi connectivity index (χ4n) is 4.80. The maximum Gasteiger partial charge on any atom is 0.433 e. The van der Waals surface area contributed by atoms with Crippen LogP contribution in [0.25, 0.3) is 5.57 Å². The third-order valence-electron chi connectivity index (χ3n) is 6.59. The first kappa shape index (κ1) is 29.8. The second kappa shape index (κ2) is 11.0. The van der Waals surface area contributed by atoms with Crippen molar-refractivity contribution in [2.45, 2.75) is 51.9 Å². The van der Waals surface area contributed by atoms with E-state index in [4.69, 9.17) is 4.74 Å². The van der Waals surface area contributed by atoms with Crippen LogP contribution in [-0.4, -0.2) is 46.2 Å². The highest BCUT2D eigenvalue weighted by Crippen LogP contribution is 2.44. The number of amides is 2. The van der Waals surface area contributed by atoms with Gasteiger partial charge in [-0.2, -0.15) is 18.3 Å². The summed E-state index contributed by atoms with van der Waals surface area (Å²) < 4.78 is 77.6. The van der Waals surface area contributed by atoms with Gasteiger partial charge in [0.2, 0.25) is 0 Å². The van der Waals surface area contributed by atoms with Crippen LogP contribution in [0.5, 0.6) is 5.75 Å². The topological polar surface area (TPSA) is 76.5 Å². The molecule has 1 aromatic heterocycles. The van der Waals surface area contributed by atoms with Crippen LogP contribution < -0.4 is 10.1 Å². The van der Waals surface area contributed by atoms with Gasteiger partial charge in [0.05, 0.1) is 19.2 Å². The van der Waals surface area contributed by atoms with E-state index in [1.165, 1.54) is 21.0 Å². The lowest BCUT2D eigenvalue weighted by Crippen LogP contribution is -2.38. The van der Waals surface area contributed by atoms with Gasteiger partial charge >= 0.3 is 6.18 Å². The average molecular weight is 577 g/mol. The summed E-state index contributed by atoms with van der Waals surface area (Å²) in [6.07, 6.45) is -3.75. The molecule has 1 N–H and O–H groups in total. The van der Waals surface area contributed by atoms with Gasteiger partial charge in [-0.3, -0.25) is 14.3 Å². The van der Waals surface area contributed by atoms with E-state index >= 15 is 0 Å². The molecule has 41 heavy (non-hydrogen) atoms. The normalized spacial score (nSPS) is 14.8. The third kappa shape index (κ3) is 6.10. The molecule has 0 bridgehead atoms. The van der Waals surface area contributed by atoms with Gasteiger partial charge in [0.1, 0.15) is 17.1 Å². The minimum absolute atomic E-state index is 0.227. The molecule has 0 atom stereocenters. The van der Waals surface area contributed by atoms with Crippen LogP contribution in [-0.2, 0) is 22.9 Å². The Morgan fingerprint density at radius 2 is 1.73 bits per heavy atom. The average Bonchev–Trinajstić information content (AvgIpc) is 3.23. The summed E-state index contributed by atoms with van der Waals surface area (Å²) >= 11 is 0. The van der Waals surface area contributed by atoms with Gasteiger partial charge in [0.25, 0.3) is 11.8 Å². The first-order chi connectivity index (χ1) is 19.1. The summed E-state index contributed by atoms with van der Waals surface area (Å²) in [6, 6.07) is 8.61. The van der Waals surface area contributed by atoms with E-state index in [0.29, 0.717) is 17.4 Å². The maximum atomic E-state index is 14.7. The fraction of sp³-hybridized carbons (Fsp3) is 0.345.